The van der Waals surface area contributed by atoms with Crippen molar-refractivity contribution in [2.75, 3.05) is 31.6 Å². The lowest BCUT2D eigenvalue weighted by Gasteiger charge is -2.23. The molecule has 0 fully saturated rings. The number of para-hydroxylation sites is 3. The van der Waals surface area contributed by atoms with E-state index in [9.17, 15) is 0 Å². The van der Waals surface area contributed by atoms with Crippen LogP contribution in [0, 0.1) is 11.7 Å². The molecule has 0 aliphatic rings. The van der Waals surface area contributed by atoms with Crippen LogP contribution >= 0.6 is 12.2 Å². The Morgan fingerprint density at radius 1 is 0.931 bits per heavy atom. The molecule has 1 heterocycles. The number of benzene rings is 2. The molecule has 0 spiro atoms. The van der Waals surface area contributed by atoms with E-state index in [4.69, 9.17) is 12.2 Å². The zero-order valence-corrected chi connectivity index (χ0v) is 18.6. The first kappa shape index (κ1) is 21.2. The van der Waals surface area contributed by atoms with Gasteiger partial charge in [0.1, 0.15) is 0 Å². The number of hydrogen-bond donors (Lipinski definition) is 0. The summed E-state index contributed by atoms with van der Waals surface area (Å²) in [4.78, 5) is 4.58. The lowest BCUT2D eigenvalue weighted by molar-refractivity contribution is 0.290. The quantitative estimate of drug-likeness (QED) is 0.482. The smallest absolute Gasteiger partial charge is 0.220 e. The first-order valence-electron chi connectivity index (χ1n) is 10.2. The molecule has 0 aliphatic heterocycles. The van der Waals surface area contributed by atoms with Crippen LogP contribution in [0.5, 0.6) is 0 Å². The highest BCUT2D eigenvalue weighted by Gasteiger charge is 2.15. The monoisotopic (exact) mass is 410 g/mol. The first-order chi connectivity index (χ1) is 14.1. The van der Waals surface area contributed by atoms with E-state index in [1.54, 1.807) is 4.68 Å². The van der Waals surface area contributed by atoms with Crippen molar-refractivity contribution in [1.82, 2.24) is 24.7 Å². The predicted molar refractivity (Wildman–Crippen MR) is 122 cm³/mol. The van der Waals surface area contributed by atoms with E-state index in [1.165, 1.54) is 5.56 Å². The third-order valence-corrected chi connectivity index (χ3v) is 5.71. The van der Waals surface area contributed by atoms with Crippen LogP contribution in [0.4, 0.5) is 11.4 Å². The minimum Gasteiger partial charge on any atom is -0.343 e. The van der Waals surface area contributed by atoms with Crippen LogP contribution in [0.1, 0.15) is 25.8 Å². The SMILES string of the molecule is CCN(CC)CCCn1nnn(-c2ccccc2N(C)c2ccccc2C)c1=S. The van der Waals surface area contributed by atoms with Gasteiger partial charge in [-0.1, -0.05) is 44.2 Å². The Kier molecular flexibility index (Phi) is 7.17. The van der Waals surface area contributed by atoms with E-state index in [-0.39, 0.29) is 0 Å². The van der Waals surface area contributed by atoms with Gasteiger partial charge in [0.2, 0.25) is 4.77 Å². The Balaban J connectivity index is 1.86. The van der Waals surface area contributed by atoms with Crippen LogP contribution in [-0.4, -0.2) is 51.4 Å². The van der Waals surface area contributed by atoms with Gasteiger partial charge in [0, 0.05) is 19.3 Å². The second-order valence-electron chi connectivity index (χ2n) is 7.11. The highest BCUT2D eigenvalue weighted by atomic mass is 32.1. The average Bonchev–Trinajstić information content (AvgIpc) is 3.11. The van der Waals surface area contributed by atoms with Gasteiger partial charge >= 0.3 is 0 Å². The summed E-state index contributed by atoms with van der Waals surface area (Å²) in [6.07, 6.45) is 0.999. The van der Waals surface area contributed by atoms with Crippen LogP contribution in [0.3, 0.4) is 0 Å². The average molecular weight is 411 g/mol. The van der Waals surface area contributed by atoms with E-state index in [1.807, 2.05) is 22.9 Å². The van der Waals surface area contributed by atoms with E-state index in [0.29, 0.717) is 4.77 Å². The van der Waals surface area contributed by atoms with Gasteiger partial charge in [0.15, 0.2) is 0 Å². The van der Waals surface area contributed by atoms with Gasteiger partial charge < -0.3 is 9.80 Å². The Morgan fingerprint density at radius 3 is 2.28 bits per heavy atom. The fourth-order valence-corrected chi connectivity index (χ4v) is 3.81. The summed E-state index contributed by atoms with van der Waals surface area (Å²) in [5.74, 6) is 0. The highest BCUT2D eigenvalue weighted by molar-refractivity contribution is 7.71. The van der Waals surface area contributed by atoms with Crippen LogP contribution in [-0.2, 0) is 6.54 Å². The molecule has 29 heavy (non-hydrogen) atoms. The third-order valence-electron chi connectivity index (χ3n) is 5.33. The molecule has 0 atom stereocenters. The number of hydrogen-bond acceptors (Lipinski definition) is 5. The Morgan fingerprint density at radius 2 is 1.59 bits per heavy atom. The minimum atomic E-state index is 0.621. The van der Waals surface area contributed by atoms with Crippen LogP contribution < -0.4 is 4.90 Å². The Bertz CT molecular complexity index is 989. The molecule has 0 unspecified atom stereocenters. The summed E-state index contributed by atoms with van der Waals surface area (Å²) in [6, 6.07) is 16.5. The largest absolute Gasteiger partial charge is 0.343 e. The summed E-state index contributed by atoms with van der Waals surface area (Å²) in [5.41, 5.74) is 4.33. The van der Waals surface area contributed by atoms with Crippen molar-refractivity contribution in [3.63, 3.8) is 0 Å². The van der Waals surface area contributed by atoms with E-state index in [2.05, 4.69) is 78.4 Å². The maximum absolute atomic E-state index is 5.70. The topological polar surface area (TPSA) is 42.1 Å². The summed E-state index contributed by atoms with van der Waals surface area (Å²) >= 11 is 5.70. The summed E-state index contributed by atoms with van der Waals surface area (Å²) in [6.45, 7) is 10.4. The van der Waals surface area contributed by atoms with Crippen LogP contribution in [0.15, 0.2) is 48.5 Å². The van der Waals surface area contributed by atoms with Crippen molar-refractivity contribution < 1.29 is 0 Å². The molecule has 3 aromatic rings. The van der Waals surface area contributed by atoms with Gasteiger partial charge in [-0.3, -0.25) is 0 Å². The number of nitrogens with zero attached hydrogens (tertiary/aromatic N) is 6. The third kappa shape index (κ3) is 4.74. The van der Waals surface area contributed by atoms with Crippen molar-refractivity contribution in [3.05, 3.63) is 58.9 Å². The maximum Gasteiger partial charge on any atom is 0.220 e. The Hall–Kier alpha value is -2.51. The number of tetrazole rings is 1. The van der Waals surface area contributed by atoms with E-state index >= 15 is 0 Å². The molecule has 0 saturated heterocycles. The molecule has 1 aromatic heterocycles. The van der Waals surface area contributed by atoms with Gasteiger partial charge in [-0.25, -0.2) is 4.68 Å². The van der Waals surface area contributed by atoms with Gasteiger partial charge in [0.25, 0.3) is 0 Å². The van der Waals surface area contributed by atoms with Crippen molar-refractivity contribution in [1.29, 1.82) is 0 Å². The fraction of sp³-hybridized carbons (Fsp3) is 0.409. The van der Waals surface area contributed by atoms with Gasteiger partial charge in [-0.2, -0.15) is 4.68 Å². The zero-order valence-electron chi connectivity index (χ0n) is 17.7. The molecule has 3 rings (SSSR count). The summed E-state index contributed by atoms with van der Waals surface area (Å²) < 4.78 is 4.20. The number of aromatic nitrogens is 4. The molecular weight excluding hydrogens is 380 g/mol. The van der Waals surface area contributed by atoms with Crippen LogP contribution in [0.25, 0.3) is 5.69 Å². The van der Waals surface area contributed by atoms with Gasteiger partial charge in [-0.15, -0.1) is 0 Å². The fourth-order valence-electron chi connectivity index (χ4n) is 3.55. The summed E-state index contributed by atoms with van der Waals surface area (Å²) in [7, 11) is 2.07. The second-order valence-corrected chi connectivity index (χ2v) is 7.48. The molecule has 154 valence electrons. The van der Waals surface area contributed by atoms with Crippen molar-refractivity contribution in [3.8, 4) is 5.69 Å². The number of aryl methyl sites for hydroxylation is 2. The van der Waals surface area contributed by atoms with Crippen molar-refractivity contribution >= 4 is 23.6 Å². The van der Waals surface area contributed by atoms with Gasteiger partial charge in [-0.05, 0) is 79.4 Å². The van der Waals surface area contributed by atoms with Crippen LogP contribution in [0.2, 0.25) is 0 Å². The Labute approximate surface area is 178 Å². The molecule has 0 amide bonds. The second kappa shape index (κ2) is 9.80. The molecule has 7 heteroatoms. The van der Waals surface area contributed by atoms with E-state index in [0.717, 1.165) is 49.7 Å². The zero-order chi connectivity index (χ0) is 20.8. The molecule has 6 nitrogen and oxygen atoms in total. The normalized spacial score (nSPS) is 11.2. The lowest BCUT2D eigenvalue weighted by Crippen LogP contribution is -2.25. The predicted octanol–water partition coefficient (Wildman–Crippen LogP) is 4.61. The summed E-state index contributed by atoms with van der Waals surface area (Å²) in [5, 5.41) is 8.69. The molecular formula is C22H30N6S. The highest BCUT2D eigenvalue weighted by Crippen LogP contribution is 2.31. The number of anilines is 2. The molecule has 2 aromatic carbocycles. The molecule has 0 bridgehead atoms. The number of rotatable bonds is 9. The minimum absolute atomic E-state index is 0.621. The van der Waals surface area contributed by atoms with E-state index < -0.39 is 0 Å². The standard InChI is InChI=1S/C22H30N6S/c1-5-26(6-2)16-11-17-27-22(29)28(24-23-27)21-15-10-9-14-20(21)25(4)19-13-8-7-12-18(19)3/h7-10,12-15H,5-6,11,16-17H2,1-4H3. The molecule has 0 saturated carbocycles. The van der Waals surface area contributed by atoms with Gasteiger partial charge in [0.05, 0.1) is 11.4 Å². The lowest BCUT2D eigenvalue weighted by atomic mass is 10.1. The molecule has 0 aliphatic carbocycles. The maximum atomic E-state index is 5.70. The van der Waals surface area contributed by atoms with Crippen molar-refractivity contribution in [2.45, 2.75) is 33.7 Å². The molecule has 0 N–H and O–H groups in total. The van der Waals surface area contributed by atoms with Crippen molar-refractivity contribution in [2.24, 2.45) is 0 Å². The molecule has 0 radical (unpaired) electrons. The first-order valence-corrected chi connectivity index (χ1v) is 10.6.